The van der Waals surface area contributed by atoms with Gasteiger partial charge in [0.15, 0.2) is 0 Å². The molecule has 0 saturated heterocycles. The van der Waals surface area contributed by atoms with E-state index < -0.39 is 5.91 Å². The number of carbonyl (C=O) groups excluding carboxylic acids is 1. The molecule has 1 fully saturated rings. The minimum Gasteiger partial charge on any atom is -0.377 e. The third-order valence-corrected chi connectivity index (χ3v) is 3.26. The fourth-order valence-corrected chi connectivity index (χ4v) is 2.23. The Morgan fingerprint density at radius 1 is 1.50 bits per heavy atom. The number of nitrogens with one attached hydrogen (secondary N) is 1. The summed E-state index contributed by atoms with van der Waals surface area (Å²) in [6, 6.07) is 7.24. The lowest BCUT2D eigenvalue weighted by atomic mass is 9.83. The van der Waals surface area contributed by atoms with Gasteiger partial charge in [0.2, 0.25) is 0 Å². The standard InChI is InChI=1S/C13H19N3O2/c1-2-18-11-7-9(14)12(11)16-10-6-4-3-5-8(10)13(15)17/h3-6,9,11-12,16H,2,7,14H2,1H3,(H2,15,17). The minimum atomic E-state index is -0.445. The maximum Gasteiger partial charge on any atom is 0.250 e. The molecular formula is C13H19N3O2. The molecule has 1 aliphatic carbocycles. The predicted molar refractivity (Wildman–Crippen MR) is 70.4 cm³/mol. The van der Waals surface area contributed by atoms with Gasteiger partial charge >= 0.3 is 0 Å². The second kappa shape index (κ2) is 5.37. The third-order valence-electron chi connectivity index (χ3n) is 3.26. The first-order valence-electron chi connectivity index (χ1n) is 6.16. The van der Waals surface area contributed by atoms with E-state index in [0.29, 0.717) is 12.2 Å². The molecule has 0 heterocycles. The summed E-state index contributed by atoms with van der Waals surface area (Å²) in [6.07, 6.45) is 0.940. The van der Waals surface area contributed by atoms with Crippen LogP contribution in [0.5, 0.6) is 0 Å². The fraction of sp³-hybridized carbons (Fsp3) is 0.462. The first-order chi connectivity index (χ1) is 8.63. The average molecular weight is 249 g/mol. The van der Waals surface area contributed by atoms with E-state index in [1.165, 1.54) is 0 Å². The molecule has 0 spiro atoms. The van der Waals surface area contributed by atoms with Gasteiger partial charge in [0.25, 0.3) is 5.91 Å². The summed E-state index contributed by atoms with van der Waals surface area (Å²) >= 11 is 0. The van der Waals surface area contributed by atoms with E-state index >= 15 is 0 Å². The van der Waals surface area contributed by atoms with Gasteiger partial charge in [-0.15, -0.1) is 0 Å². The van der Waals surface area contributed by atoms with Crippen LogP contribution in [0.4, 0.5) is 5.69 Å². The fourth-order valence-electron chi connectivity index (χ4n) is 2.23. The quantitative estimate of drug-likeness (QED) is 0.716. The Morgan fingerprint density at radius 3 is 2.83 bits per heavy atom. The average Bonchev–Trinajstić information content (AvgIpc) is 2.36. The molecule has 5 nitrogen and oxygen atoms in total. The summed E-state index contributed by atoms with van der Waals surface area (Å²) in [5, 5.41) is 3.26. The van der Waals surface area contributed by atoms with Gasteiger partial charge in [-0.2, -0.15) is 0 Å². The van der Waals surface area contributed by atoms with Crippen molar-refractivity contribution in [3.63, 3.8) is 0 Å². The predicted octanol–water partition coefficient (Wildman–Crippen LogP) is 0.702. The van der Waals surface area contributed by atoms with Crippen LogP contribution in [0.3, 0.4) is 0 Å². The molecule has 98 valence electrons. The molecule has 5 N–H and O–H groups in total. The molecule has 0 aliphatic heterocycles. The van der Waals surface area contributed by atoms with Gasteiger partial charge < -0.3 is 21.5 Å². The zero-order valence-corrected chi connectivity index (χ0v) is 10.4. The summed E-state index contributed by atoms with van der Waals surface area (Å²) < 4.78 is 5.57. The number of ether oxygens (including phenoxy) is 1. The van der Waals surface area contributed by atoms with Crippen LogP contribution >= 0.6 is 0 Å². The number of para-hydroxylation sites is 1. The molecule has 1 aromatic rings. The van der Waals surface area contributed by atoms with E-state index in [-0.39, 0.29) is 18.2 Å². The van der Waals surface area contributed by atoms with Crippen molar-refractivity contribution >= 4 is 11.6 Å². The Labute approximate surface area is 106 Å². The largest absolute Gasteiger partial charge is 0.377 e. The molecule has 1 aliphatic rings. The van der Waals surface area contributed by atoms with Crippen molar-refractivity contribution in [1.29, 1.82) is 0 Å². The molecule has 0 bridgehead atoms. The van der Waals surface area contributed by atoms with Gasteiger partial charge in [-0.25, -0.2) is 0 Å². The van der Waals surface area contributed by atoms with Gasteiger partial charge in [0.05, 0.1) is 17.7 Å². The molecule has 18 heavy (non-hydrogen) atoms. The Bertz CT molecular complexity index is 434. The molecule has 3 atom stereocenters. The highest BCUT2D eigenvalue weighted by Crippen LogP contribution is 2.27. The summed E-state index contributed by atoms with van der Waals surface area (Å²) in [6.45, 7) is 2.62. The van der Waals surface area contributed by atoms with Crippen molar-refractivity contribution in [2.75, 3.05) is 11.9 Å². The monoisotopic (exact) mass is 249 g/mol. The molecule has 0 radical (unpaired) electrons. The van der Waals surface area contributed by atoms with E-state index in [1.807, 2.05) is 19.1 Å². The number of rotatable bonds is 5. The molecule has 1 saturated carbocycles. The summed E-state index contributed by atoms with van der Waals surface area (Å²) in [7, 11) is 0. The van der Waals surface area contributed by atoms with Crippen molar-refractivity contribution in [3.05, 3.63) is 29.8 Å². The highest BCUT2D eigenvalue weighted by Gasteiger charge is 2.39. The van der Waals surface area contributed by atoms with Crippen molar-refractivity contribution in [3.8, 4) is 0 Å². The van der Waals surface area contributed by atoms with Crippen LogP contribution in [0.15, 0.2) is 24.3 Å². The lowest BCUT2D eigenvalue weighted by molar-refractivity contribution is -0.0126. The van der Waals surface area contributed by atoms with Gasteiger partial charge in [-0.1, -0.05) is 12.1 Å². The Kier molecular flexibility index (Phi) is 3.84. The van der Waals surface area contributed by atoms with Gasteiger partial charge in [0, 0.05) is 18.3 Å². The smallest absolute Gasteiger partial charge is 0.250 e. The number of benzene rings is 1. The zero-order chi connectivity index (χ0) is 13.1. The summed E-state index contributed by atoms with van der Waals surface area (Å²) in [5.74, 6) is -0.445. The zero-order valence-electron chi connectivity index (χ0n) is 10.4. The molecule has 5 heteroatoms. The minimum absolute atomic E-state index is 0.0328. The second-order valence-corrected chi connectivity index (χ2v) is 4.47. The van der Waals surface area contributed by atoms with E-state index in [4.69, 9.17) is 16.2 Å². The van der Waals surface area contributed by atoms with Crippen molar-refractivity contribution in [1.82, 2.24) is 0 Å². The Balaban J connectivity index is 2.11. The van der Waals surface area contributed by atoms with E-state index in [1.54, 1.807) is 12.1 Å². The molecule has 2 rings (SSSR count). The van der Waals surface area contributed by atoms with E-state index in [0.717, 1.165) is 12.1 Å². The number of carbonyl (C=O) groups is 1. The normalized spacial score (nSPS) is 26.4. The number of hydrogen-bond acceptors (Lipinski definition) is 4. The van der Waals surface area contributed by atoms with Crippen LogP contribution in [-0.4, -0.2) is 30.7 Å². The Hall–Kier alpha value is -1.59. The van der Waals surface area contributed by atoms with Gasteiger partial charge in [-0.05, 0) is 25.5 Å². The highest BCUT2D eigenvalue weighted by molar-refractivity contribution is 5.98. The number of primary amides is 1. The molecule has 0 aromatic heterocycles. The van der Waals surface area contributed by atoms with Crippen molar-refractivity contribution in [2.45, 2.75) is 31.5 Å². The maximum atomic E-state index is 11.3. The molecular weight excluding hydrogens is 230 g/mol. The molecule has 1 amide bonds. The third kappa shape index (κ3) is 2.47. The van der Waals surface area contributed by atoms with Gasteiger partial charge in [0.1, 0.15) is 0 Å². The van der Waals surface area contributed by atoms with Crippen LogP contribution < -0.4 is 16.8 Å². The van der Waals surface area contributed by atoms with Gasteiger partial charge in [-0.3, -0.25) is 4.79 Å². The SMILES string of the molecule is CCOC1CC(N)C1Nc1ccccc1C(N)=O. The van der Waals surface area contributed by atoms with Crippen LogP contribution in [0, 0.1) is 0 Å². The van der Waals surface area contributed by atoms with Crippen molar-refractivity contribution < 1.29 is 9.53 Å². The first kappa shape index (κ1) is 12.9. The molecule has 3 unspecified atom stereocenters. The summed E-state index contributed by atoms with van der Waals surface area (Å²) in [4.78, 5) is 11.3. The van der Waals surface area contributed by atoms with E-state index in [9.17, 15) is 4.79 Å². The lowest BCUT2D eigenvalue weighted by Crippen LogP contribution is -2.60. The first-order valence-corrected chi connectivity index (χ1v) is 6.16. The Morgan fingerprint density at radius 2 is 2.22 bits per heavy atom. The second-order valence-electron chi connectivity index (χ2n) is 4.47. The number of nitrogens with two attached hydrogens (primary N) is 2. The number of anilines is 1. The van der Waals surface area contributed by atoms with E-state index in [2.05, 4.69) is 5.32 Å². The highest BCUT2D eigenvalue weighted by atomic mass is 16.5. The maximum absolute atomic E-state index is 11.3. The van der Waals surface area contributed by atoms with Crippen LogP contribution in [0.25, 0.3) is 0 Å². The topological polar surface area (TPSA) is 90.4 Å². The van der Waals surface area contributed by atoms with Crippen LogP contribution in [0.1, 0.15) is 23.7 Å². The lowest BCUT2D eigenvalue weighted by Gasteiger charge is -2.43. The number of hydrogen-bond donors (Lipinski definition) is 3. The summed E-state index contributed by atoms with van der Waals surface area (Å²) in [5.41, 5.74) is 12.5. The van der Waals surface area contributed by atoms with Crippen LogP contribution in [-0.2, 0) is 4.74 Å². The van der Waals surface area contributed by atoms with Crippen molar-refractivity contribution in [2.24, 2.45) is 11.5 Å². The number of amides is 1. The van der Waals surface area contributed by atoms with Crippen LogP contribution in [0.2, 0.25) is 0 Å². The molecule has 1 aromatic carbocycles.